The Hall–Kier alpha value is -2.89. The maximum atomic E-state index is 11.9. The van der Waals surface area contributed by atoms with E-state index in [1.54, 1.807) is 6.07 Å². The van der Waals surface area contributed by atoms with Gasteiger partial charge in [-0.2, -0.15) is 9.97 Å². The highest BCUT2D eigenvalue weighted by Gasteiger charge is 2.47. The van der Waals surface area contributed by atoms with Gasteiger partial charge in [-0.1, -0.05) is 0 Å². The number of hydrogen-bond donors (Lipinski definition) is 4. The van der Waals surface area contributed by atoms with Gasteiger partial charge < -0.3 is 30.9 Å². The number of nitrogens with two attached hydrogens (primary N) is 2. The number of aliphatic hydroxyl groups excluding tert-OH is 1. The molecular formula is C31H45N7O3S. The van der Waals surface area contributed by atoms with E-state index >= 15 is 0 Å². The van der Waals surface area contributed by atoms with Gasteiger partial charge in [-0.3, -0.25) is 10.3 Å². The third-order valence-electron chi connectivity index (χ3n) is 10.2. The molecule has 4 aliphatic rings. The lowest BCUT2D eigenvalue weighted by Crippen LogP contribution is -2.38. The molecule has 0 unspecified atom stereocenters. The summed E-state index contributed by atoms with van der Waals surface area (Å²) in [6.45, 7) is 3.63. The van der Waals surface area contributed by atoms with E-state index in [0.717, 1.165) is 74.8 Å². The van der Waals surface area contributed by atoms with Gasteiger partial charge in [0.2, 0.25) is 11.8 Å². The molecule has 2 fully saturated rings. The maximum absolute atomic E-state index is 11.9. The van der Waals surface area contributed by atoms with Crippen molar-refractivity contribution in [1.29, 1.82) is 5.41 Å². The van der Waals surface area contributed by atoms with E-state index in [2.05, 4.69) is 37.9 Å². The first kappa shape index (κ1) is 29.2. The summed E-state index contributed by atoms with van der Waals surface area (Å²) in [5.74, 6) is 1.20. The largest absolute Gasteiger partial charge is 0.511 e. The molecule has 3 atom stereocenters. The molecule has 1 aliphatic heterocycles. The summed E-state index contributed by atoms with van der Waals surface area (Å²) >= 11 is 1.53. The van der Waals surface area contributed by atoms with Crippen LogP contribution in [0.4, 0.5) is 10.7 Å². The van der Waals surface area contributed by atoms with E-state index in [1.165, 1.54) is 11.3 Å². The van der Waals surface area contributed by atoms with Crippen molar-refractivity contribution in [2.24, 2.45) is 0 Å². The SMILES string of the molecule is C[C@H](Oc1cc(OCC2(N(C)C)CC2)nc(C(=N)C2=C(O)[C@@]3(CCC2)CCCc2sc(N)c(N)c23)n1)[C@@H]1CCCN1C. The Kier molecular flexibility index (Phi) is 7.64. The van der Waals surface area contributed by atoms with E-state index < -0.39 is 5.41 Å². The molecule has 10 nitrogen and oxygen atoms in total. The van der Waals surface area contributed by atoms with Gasteiger partial charge in [0.15, 0.2) is 5.82 Å². The smallest absolute Gasteiger partial charge is 0.221 e. The molecule has 2 aromatic rings. The lowest BCUT2D eigenvalue weighted by Gasteiger charge is -2.41. The molecule has 0 amide bonds. The maximum Gasteiger partial charge on any atom is 0.221 e. The van der Waals surface area contributed by atoms with Crippen molar-refractivity contribution in [3.63, 3.8) is 0 Å². The molecule has 1 saturated carbocycles. The minimum atomic E-state index is -0.620. The van der Waals surface area contributed by atoms with Crippen LogP contribution in [0, 0.1) is 5.41 Å². The quantitative estimate of drug-likeness (QED) is 0.304. The number of aromatic nitrogens is 2. The number of fused-ring (bicyclic) bond motifs is 2. The van der Waals surface area contributed by atoms with Gasteiger partial charge in [0, 0.05) is 22.1 Å². The molecule has 228 valence electrons. The molecule has 6 rings (SSSR count). The van der Waals surface area contributed by atoms with Crippen LogP contribution in [0.15, 0.2) is 17.4 Å². The highest BCUT2D eigenvalue weighted by Crippen LogP contribution is 2.55. The zero-order chi connectivity index (χ0) is 29.8. The Morgan fingerprint density at radius 1 is 1.17 bits per heavy atom. The first-order valence-corrected chi connectivity index (χ1v) is 16.1. The number of hydrogen-bond acceptors (Lipinski definition) is 11. The van der Waals surface area contributed by atoms with Crippen LogP contribution in [0.5, 0.6) is 11.8 Å². The topological polar surface area (TPSA) is 147 Å². The summed E-state index contributed by atoms with van der Waals surface area (Å²) < 4.78 is 12.7. The number of aliphatic hydroxyl groups is 1. The Bertz CT molecular complexity index is 1400. The zero-order valence-electron chi connectivity index (χ0n) is 25.3. The molecule has 6 N–H and O–H groups in total. The summed E-state index contributed by atoms with van der Waals surface area (Å²) in [7, 11) is 6.27. The van der Waals surface area contributed by atoms with Gasteiger partial charge >= 0.3 is 0 Å². The molecule has 11 heteroatoms. The number of aryl methyl sites for hydroxylation is 1. The first-order valence-electron chi connectivity index (χ1n) is 15.3. The standard InChI is InChI=1S/C31H45N7O3S/c1-18(20-9-7-15-38(20)4)41-23-16-22(40-17-30(13-14-30)37(2)3)35-29(36-23)25(32)19-8-5-11-31(27(19)39)12-6-10-21-24(31)26(33)28(34)42-21/h16,18,20,32,39H,5-15,17,33-34H2,1-4H3/t18-,20-,31-/m0/s1. The number of anilines is 2. The molecule has 1 saturated heterocycles. The van der Waals surface area contributed by atoms with E-state index in [0.29, 0.717) is 47.1 Å². The zero-order valence-corrected chi connectivity index (χ0v) is 26.1. The molecule has 0 bridgehead atoms. The third-order valence-corrected chi connectivity index (χ3v) is 11.3. The minimum absolute atomic E-state index is 0.0110. The number of allylic oxidation sites excluding steroid dienone is 2. The van der Waals surface area contributed by atoms with Crippen molar-refractivity contribution >= 4 is 27.7 Å². The van der Waals surface area contributed by atoms with Crippen LogP contribution in [-0.4, -0.2) is 82.6 Å². The molecule has 3 heterocycles. The second-order valence-electron chi connectivity index (χ2n) is 13.0. The third kappa shape index (κ3) is 5.03. The number of likely N-dealkylation sites (N-methyl/N-ethyl adjacent to an activating group) is 2. The second-order valence-corrected chi connectivity index (χ2v) is 14.1. The van der Waals surface area contributed by atoms with Gasteiger partial charge in [0.1, 0.15) is 29.2 Å². The van der Waals surface area contributed by atoms with Gasteiger partial charge in [-0.05, 0) is 98.8 Å². The average molecular weight is 596 g/mol. The van der Waals surface area contributed by atoms with Crippen molar-refractivity contribution in [3.05, 3.63) is 33.7 Å². The van der Waals surface area contributed by atoms with Crippen molar-refractivity contribution in [2.75, 3.05) is 45.8 Å². The van der Waals surface area contributed by atoms with Gasteiger partial charge in [0.25, 0.3) is 0 Å². The Labute approximate surface area is 252 Å². The van der Waals surface area contributed by atoms with Crippen LogP contribution >= 0.6 is 11.3 Å². The summed E-state index contributed by atoms with van der Waals surface area (Å²) in [5, 5.41) is 21.8. The number of likely N-dealkylation sites (tertiary alicyclic amines) is 1. The van der Waals surface area contributed by atoms with Crippen LogP contribution in [-0.2, 0) is 11.8 Å². The van der Waals surface area contributed by atoms with Crippen molar-refractivity contribution < 1.29 is 14.6 Å². The fourth-order valence-electron chi connectivity index (χ4n) is 7.37. The molecule has 0 aromatic carbocycles. The lowest BCUT2D eigenvalue weighted by molar-refractivity contribution is 0.115. The summed E-state index contributed by atoms with van der Waals surface area (Å²) in [6.07, 6.45) is 9.08. The molecule has 42 heavy (non-hydrogen) atoms. The van der Waals surface area contributed by atoms with Crippen LogP contribution in [0.25, 0.3) is 0 Å². The summed E-state index contributed by atoms with van der Waals surface area (Å²) in [4.78, 5) is 15.1. The number of nitrogens with one attached hydrogen (secondary N) is 1. The van der Waals surface area contributed by atoms with Crippen LogP contribution in [0.2, 0.25) is 0 Å². The van der Waals surface area contributed by atoms with Gasteiger partial charge in [0.05, 0.1) is 22.7 Å². The van der Waals surface area contributed by atoms with Gasteiger partial charge in [-0.25, -0.2) is 0 Å². The number of thiophene rings is 1. The number of nitrogens with zero attached hydrogens (tertiary/aromatic N) is 4. The number of nitrogen functional groups attached to an aromatic ring is 2. The van der Waals surface area contributed by atoms with Crippen molar-refractivity contribution in [3.8, 4) is 11.8 Å². The van der Waals surface area contributed by atoms with E-state index in [1.807, 2.05) is 0 Å². The fourth-order valence-corrected chi connectivity index (χ4v) is 8.50. The Balaban J connectivity index is 1.35. The number of rotatable bonds is 9. The van der Waals surface area contributed by atoms with Crippen LogP contribution < -0.4 is 20.9 Å². The predicted molar refractivity (Wildman–Crippen MR) is 167 cm³/mol. The lowest BCUT2D eigenvalue weighted by atomic mass is 9.63. The Morgan fingerprint density at radius 3 is 2.55 bits per heavy atom. The Morgan fingerprint density at radius 2 is 1.88 bits per heavy atom. The van der Waals surface area contributed by atoms with Crippen molar-refractivity contribution in [1.82, 2.24) is 19.8 Å². The van der Waals surface area contributed by atoms with Crippen LogP contribution in [0.1, 0.15) is 81.0 Å². The molecular weight excluding hydrogens is 550 g/mol. The van der Waals surface area contributed by atoms with E-state index in [9.17, 15) is 10.5 Å². The summed E-state index contributed by atoms with van der Waals surface area (Å²) in [5.41, 5.74) is 14.4. The molecule has 0 radical (unpaired) electrons. The molecule has 2 aromatic heterocycles. The minimum Gasteiger partial charge on any atom is -0.511 e. The van der Waals surface area contributed by atoms with Gasteiger partial charge in [-0.15, -0.1) is 11.3 Å². The normalized spacial score (nSPS) is 26.0. The molecule has 1 spiro atoms. The summed E-state index contributed by atoms with van der Waals surface area (Å²) in [6, 6.07) is 2.04. The second kappa shape index (κ2) is 11.0. The van der Waals surface area contributed by atoms with Crippen LogP contribution in [0.3, 0.4) is 0 Å². The fraction of sp³-hybridized carbons (Fsp3) is 0.645. The number of ether oxygens (including phenoxy) is 2. The highest BCUT2D eigenvalue weighted by molar-refractivity contribution is 7.16. The van der Waals surface area contributed by atoms with E-state index in [4.69, 9.17) is 30.9 Å². The highest BCUT2D eigenvalue weighted by atomic mass is 32.1. The first-order chi connectivity index (χ1) is 20.0. The molecule has 3 aliphatic carbocycles. The average Bonchev–Trinajstić information content (AvgIpc) is 3.55. The predicted octanol–water partition coefficient (Wildman–Crippen LogP) is 4.68. The monoisotopic (exact) mass is 595 g/mol. The van der Waals surface area contributed by atoms with E-state index in [-0.39, 0.29) is 28.9 Å². The van der Waals surface area contributed by atoms with Crippen molar-refractivity contribution in [2.45, 2.75) is 94.2 Å².